The Hall–Kier alpha value is -3.51. The summed E-state index contributed by atoms with van der Waals surface area (Å²) < 4.78 is 5.76. The fourth-order valence-electron chi connectivity index (χ4n) is 2.43. The van der Waals surface area contributed by atoms with Crippen molar-refractivity contribution in [2.45, 2.75) is 6.61 Å². The molecule has 0 radical (unpaired) electrons. The minimum Gasteiger partial charge on any atom is -0.489 e. The minimum absolute atomic E-state index is 0.193. The largest absolute Gasteiger partial charge is 0.489 e. The molecule has 1 N–H and O–H groups in total. The first kappa shape index (κ1) is 16.4. The zero-order valence-corrected chi connectivity index (χ0v) is 13.6. The van der Waals surface area contributed by atoms with Crippen LogP contribution >= 0.6 is 0 Å². The number of hydrogen-bond donors (Lipinski definition) is 1. The summed E-state index contributed by atoms with van der Waals surface area (Å²) >= 11 is 0. The van der Waals surface area contributed by atoms with Gasteiger partial charge in [-0.3, -0.25) is 4.79 Å². The van der Waals surface area contributed by atoms with Gasteiger partial charge in [-0.05, 0) is 36.4 Å². The standard InChI is InChI=1S/C22H17NO2/c1-2-17-9-8-11-19(15-17)23-22(24)21-14-7-6-10-18(21)16-25-20-12-4-3-5-13-20/h1,3-15H,16H2,(H,23,24). The minimum atomic E-state index is -0.193. The smallest absolute Gasteiger partial charge is 0.256 e. The molecule has 3 aromatic rings. The number of rotatable bonds is 5. The summed E-state index contributed by atoms with van der Waals surface area (Å²) in [5, 5.41) is 2.88. The fraction of sp³-hybridized carbons (Fsp3) is 0.0455. The van der Waals surface area contributed by atoms with Crippen molar-refractivity contribution in [3.8, 4) is 18.1 Å². The van der Waals surface area contributed by atoms with Crippen LogP contribution in [0.4, 0.5) is 5.69 Å². The van der Waals surface area contributed by atoms with Crippen LogP contribution in [0.15, 0.2) is 78.9 Å². The first-order valence-electron chi connectivity index (χ1n) is 7.90. The molecule has 0 atom stereocenters. The average Bonchev–Trinajstić information content (AvgIpc) is 2.67. The quantitative estimate of drug-likeness (QED) is 0.701. The highest BCUT2D eigenvalue weighted by Gasteiger charge is 2.12. The molecule has 0 spiro atoms. The van der Waals surface area contributed by atoms with Gasteiger partial charge in [-0.2, -0.15) is 0 Å². The molecule has 0 aliphatic heterocycles. The Balaban J connectivity index is 1.75. The summed E-state index contributed by atoms with van der Waals surface area (Å²) in [5.41, 5.74) is 2.78. The van der Waals surface area contributed by atoms with Gasteiger partial charge in [-0.1, -0.05) is 48.4 Å². The second-order valence-corrected chi connectivity index (χ2v) is 5.44. The third-order valence-electron chi connectivity index (χ3n) is 3.69. The second kappa shape index (κ2) is 7.85. The van der Waals surface area contributed by atoms with Crippen LogP contribution in [0.3, 0.4) is 0 Å². The van der Waals surface area contributed by atoms with E-state index in [0.717, 1.165) is 16.9 Å². The van der Waals surface area contributed by atoms with E-state index < -0.39 is 0 Å². The summed E-state index contributed by atoms with van der Waals surface area (Å²) in [6.45, 7) is 0.317. The average molecular weight is 327 g/mol. The maximum atomic E-state index is 12.6. The van der Waals surface area contributed by atoms with Gasteiger partial charge in [0.2, 0.25) is 0 Å². The van der Waals surface area contributed by atoms with E-state index >= 15 is 0 Å². The van der Waals surface area contributed by atoms with E-state index in [9.17, 15) is 4.79 Å². The van der Waals surface area contributed by atoms with Gasteiger partial charge in [0, 0.05) is 22.4 Å². The molecule has 0 fully saturated rings. The number of ether oxygens (including phenoxy) is 1. The van der Waals surface area contributed by atoms with Crippen LogP contribution in [-0.2, 0) is 6.61 Å². The van der Waals surface area contributed by atoms with Crippen LogP contribution in [0.5, 0.6) is 5.75 Å². The van der Waals surface area contributed by atoms with Crippen molar-refractivity contribution in [3.05, 3.63) is 95.6 Å². The highest BCUT2D eigenvalue weighted by molar-refractivity contribution is 6.05. The number of carbonyl (C=O) groups excluding carboxylic acids is 1. The highest BCUT2D eigenvalue weighted by atomic mass is 16.5. The van der Waals surface area contributed by atoms with E-state index in [-0.39, 0.29) is 5.91 Å². The lowest BCUT2D eigenvalue weighted by molar-refractivity contribution is 0.102. The first-order chi connectivity index (χ1) is 12.3. The number of anilines is 1. The summed E-state index contributed by atoms with van der Waals surface area (Å²) in [6.07, 6.45) is 5.40. The molecule has 122 valence electrons. The molecule has 3 rings (SSSR count). The molecule has 0 bridgehead atoms. The van der Waals surface area contributed by atoms with Crippen molar-refractivity contribution in [1.29, 1.82) is 0 Å². The summed E-state index contributed by atoms with van der Waals surface area (Å²) in [6, 6.07) is 24.1. The van der Waals surface area contributed by atoms with Gasteiger partial charge in [0.25, 0.3) is 5.91 Å². The van der Waals surface area contributed by atoms with Crippen LogP contribution in [0.25, 0.3) is 0 Å². The van der Waals surface area contributed by atoms with E-state index in [1.54, 1.807) is 12.1 Å². The Labute approximate surface area is 147 Å². The maximum absolute atomic E-state index is 12.6. The van der Waals surface area contributed by atoms with E-state index in [0.29, 0.717) is 17.9 Å². The third kappa shape index (κ3) is 4.27. The zero-order chi connectivity index (χ0) is 17.5. The molecule has 3 aromatic carbocycles. The van der Waals surface area contributed by atoms with Gasteiger partial charge >= 0.3 is 0 Å². The first-order valence-corrected chi connectivity index (χ1v) is 7.90. The van der Waals surface area contributed by atoms with Crippen LogP contribution in [-0.4, -0.2) is 5.91 Å². The lowest BCUT2D eigenvalue weighted by Crippen LogP contribution is -2.15. The Morgan fingerprint density at radius 1 is 0.960 bits per heavy atom. The predicted octanol–water partition coefficient (Wildman–Crippen LogP) is 4.50. The highest BCUT2D eigenvalue weighted by Crippen LogP contribution is 2.17. The molecule has 0 aliphatic rings. The SMILES string of the molecule is C#Cc1cccc(NC(=O)c2ccccc2COc2ccccc2)c1. The third-order valence-corrected chi connectivity index (χ3v) is 3.69. The number of hydrogen-bond acceptors (Lipinski definition) is 2. The molecular formula is C22H17NO2. The summed E-state index contributed by atoms with van der Waals surface area (Å²) in [4.78, 5) is 12.6. The molecule has 0 aromatic heterocycles. The topological polar surface area (TPSA) is 38.3 Å². The van der Waals surface area contributed by atoms with E-state index in [1.807, 2.05) is 66.7 Å². The van der Waals surface area contributed by atoms with Gasteiger partial charge in [-0.25, -0.2) is 0 Å². The monoisotopic (exact) mass is 327 g/mol. The van der Waals surface area contributed by atoms with Crippen molar-refractivity contribution in [1.82, 2.24) is 0 Å². The van der Waals surface area contributed by atoms with Crippen molar-refractivity contribution in [2.24, 2.45) is 0 Å². The number of amides is 1. The van der Waals surface area contributed by atoms with Gasteiger partial charge in [0.15, 0.2) is 0 Å². The summed E-state index contributed by atoms with van der Waals surface area (Å²) in [7, 11) is 0. The van der Waals surface area contributed by atoms with E-state index in [2.05, 4.69) is 11.2 Å². The summed E-state index contributed by atoms with van der Waals surface area (Å²) in [5.74, 6) is 3.13. The zero-order valence-electron chi connectivity index (χ0n) is 13.6. The van der Waals surface area contributed by atoms with Crippen molar-refractivity contribution < 1.29 is 9.53 Å². The van der Waals surface area contributed by atoms with Crippen LogP contribution in [0, 0.1) is 12.3 Å². The van der Waals surface area contributed by atoms with Crippen molar-refractivity contribution >= 4 is 11.6 Å². The Morgan fingerprint density at radius 3 is 2.52 bits per heavy atom. The molecule has 3 heteroatoms. The van der Waals surface area contributed by atoms with E-state index in [4.69, 9.17) is 11.2 Å². The van der Waals surface area contributed by atoms with Gasteiger partial charge in [0.05, 0.1) is 0 Å². The number of para-hydroxylation sites is 1. The molecule has 0 saturated heterocycles. The Kier molecular flexibility index (Phi) is 5.13. The lowest BCUT2D eigenvalue weighted by atomic mass is 10.1. The van der Waals surface area contributed by atoms with Crippen molar-refractivity contribution in [2.75, 3.05) is 5.32 Å². The maximum Gasteiger partial charge on any atom is 0.256 e. The molecule has 3 nitrogen and oxygen atoms in total. The van der Waals surface area contributed by atoms with Crippen LogP contribution in [0.1, 0.15) is 21.5 Å². The van der Waals surface area contributed by atoms with Crippen molar-refractivity contribution in [3.63, 3.8) is 0 Å². The Morgan fingerprint density at radius 2 is 1.72 bits per heavy atom. The normalized spacial score (nSPS) is 9.88. The molecule has 0 saturated carbocycles. The second-order valence-electron chi connectivity index (χ2n) is 5.44. The van der Waals surface area contributed by atoms with Gasteiger partial charge < -0.3 is 10.1 Å². The Bertz CT molecular complexity index is 911. The lowest BCUT2D eigenvalue weighted by Gasteiger charge is -2.12. The number of nitrogens with one attached hydrogen (secondary N) is 1. The van der Waals surface area contributed by atoms with E-state index in [1.165, 1.54) is 0 Å². The number of carbonyl (C=O) groups is 1. The van der Waals surface area contributed by atoms with Gasteiger partial charge in [-0.15, -0.1) is 6.42 Å². The molecule has 1 amide bonds. The van der Waals surface area contributed by atoms with Crippen LogP contribution in [0.2, 0.25) is 0 Å². The number of terminal acetylenes is 1. The molecule has 0 unspecified atom stereocenters. The molecule has 0 heterocycles. The molecule has 0 aliphatic carbocycles. The predicted molar refractivity (Wildman–Crippen MR) is 99.5 cm³/mol. The van der Waals surface area contributed by atoms with Gasteiger partial charge in [0.1, 0.15) is 12.4 Å². The fourth-order valence-corrected chi connectivity index (χ4v) is 2.43. The molecular weight excluding hydrogens is 310 g/mol. The number of benzene rings is 3. The molecule has 25 heavy (non-hydrogen) atoms. The van der Waals surface area contributed by atoms with Crippen LogP contribution < -0.4 is 10.1 Å².